The molecule has 32 heavy (non-hydrogen) atoms. The van der Waals surface area contributed by atoms with Crippen molar-refractivity contribution in [3.05, 3.63) is 94.3 Å². The van der Waals surface area contributed by atoms with E-state index < -0.39 is 5.91 Å². The molecule has 0 spiro atoms. The van der Waals surface area contributed by atoms with Gasteiger partial charge in [0.1, 0.15) is 35.6 Å². The van der Waals surface area contributed by atoms with Gasteiger partial charge in [0.05, 0.1) is 7.11 Å². The number of aryl methyl sites for hydroxylation is 2. The first kappa shape index (κ1) is 22.6. The molecule has 3 rings (SSSR count). The van der Waals surface area contributed by atoms with Crippen molar-refractivity contribution in [2.45, 2.75) is 20.5 Å². The van der Waals surface area contributed by atoms with E-state index in [0.717, 1.165) is 11.1 Å². The molecule has 0 aromatic heterocycles. The number of carbonyl (C=O) groups is 1. The number of rotatable bonds is 7. The van der Waals surface area contributed by atoms with Crippen LogP contribution in [0.15, 0.2) is 66.2 Å². The average molecular weight is 430 g/mol. The van der Waals surface area contributed by atoms with Crippen molar-refractivity contribution in [1.29, 1.82) is 5.26 Å². The van der Waals surface area contributed by atoms with Gasteiger partial charge in [0.2, 0.25) is 0 Å². The Morgan fingerprint density at radius 3 is 2.62 bits per heavy atom. The third kappa shape index (κ3) is 5.52. The van der Waals surface area contributed by atoms with Crippen molar-refractivity contribution < 1.29 is 18.7 Å². The molecule has 1 amide bonds. The number of nitriles is 1. The predicted molar refractivity (Wildman–Crippen MR) is 122 cm³/mol. The van der Waals surface area contributed by atoms with Crippen LogP contribution in [0.25, 0.3) is 6.08 Å². The molecule has 1 N–H and O–H groups in total. The molecule has 0 radical (unpaired) electrons. The average Bonchev–Trinajstić information content (AvgIpc) is 2.79. The Kier molecular flexibility index (Phi) is 7.25. The van der Waals surface area contributed by atoms with Gasteiger partial charge >= 0.3 is 0 Å². The van der Waals surface area contributed by atoms with E-state index in [0.29, 0.717) is 28.3 Å². The molecule has 0 aliphatic rings. The lowest BCUT2D eigenvalue weighted by Gasteiger charge is -2.12. The van der Waals surface area contributed by atoms with Gasteiger partial charge in [0.25, 0.3) is 5.91 Å². The Labute approximate surface area is 186 Å². The van der Waals surface area contributed by atoms with E-state index in [4.69, 9.17) is 9.47 Å². The second-order valence-corrected chi connectivity index (χ2v) is 7.23. The molecule has 0 aliphatic carbocycles. The van der Waals surface area contributed by atoms with E-state index in [-0.39, 0.29) is 18.0 Å². The molecule has 0 atom stereocenters. The third-order valence-corrected chi connectivity index (χ3v) is 4.87. The van der Waals surface area contributed by atoms with Gasteiger partial charge in [-0.15, -0.1) is 0 Å². The molecule has 162 valence electrons. The second kappa shape index (κ2) is 10.3. The smallest absolute Gasteiger partial charge is 0.266 e. The second-order valence-electron chi connectivity index (χ2n) is 7.23. The molecule has 3 aromatic rings. The Morgan fingerprint density at radius 2 is 1.91 bits per heavy atom. The van der Waals surface area contributed by atoms with Crippen LogP contribution in [0.2, 0.25) is 0 Å². The lowest BCUT2D eigenvalue weighted by Crippen LogP contribution is -2.14. The van der Waals surface area contributed by atoms with Crippen molar-refractivity contribution >= 4 is 17.7 Å². The van der Waals surface area contributed by atoms with E-state index >= 15 is 0 Å². The summed E-state index contributed by atoms with van der Waals surface area (Å²) in [7, 11) is 1.52. The maximum atomic E-state index is 14.0. The highest BCUT2D eigenvalue weighted by molar-refractivity contribution is 6.10. The summed E-state index contributed by atoms with van der Waals surface area (Å²) in [5.74, 6) is -0.0147. The van der Waals surface area contributed by atoms with Crippen molar-refractivity contribution in [3.8, 4) is 17.6 Å². The monoisotopic (exact) mass is 430 g/mol. The van der Waals surface area contributed by atoms with Crippen LogP contribution in [-0.2, 0) is 11.4 Å². The van der Waals surface area contributed by atoms with Crippen molar-refractivity contribution in [1.82, 2.24) is 0 Å². The summed E-state index contributed by atoms with van der Waals surface area (Å²) < 4.78 is 25.0. The number of ether oxygens (including phenoxy) is 2. The molecule has 0 saturated heterocycles. The minimum atomic E-state index is -0.530. The van der Waals surface area contributed by atoms with E-state index in [1.54, 1.807) is 36.4 Å². The summed E-state index contributed by atoms with van der Waals surface area (Å²) >= 11 is 0. The summed E-state index contributed by atoms with van der Waals surface area (Å²) in [4.78, 5) is 12.8. The Bertz CT molecular complexity index is 1210. The highest BCUT2D eigenvalue weighted by Gasteiger charge is 2.14. The molecule has 6 heteroatoms. The Hall–Kier alpha value is -4.11. The van der Waals surface area contributed by atoms with E-state index in [9.17, 15) is 14.4 Å². The molecule has 0 fully saturated rings. The lowest BCUT2D eigenvalue weighted by molar-refractivity contribution is -0.112. The number of hydrogen-bond acceptors (Lipinski definition) is 4. The minimum absolute atomic E-state index is 0.0166. The zero-order valence-electron chi connectivity index (χ0n) is 18.1. The van der Waals surface area contributed by atoms with Gasteiger partial charge in [-0.3, -0.25) is 4.79 Å². The summed E-state index contributed by atoms with van der Waals surface area (Å²) in [5, 5.41) is 12.4. The quantitative estimate of drug-likeness (QED) is 0.393. The highest BCUT2D eigenvalue weighted by atomic mass is 19.1. The van der Waals surface area contributed by atoms with Gasteiger partial charge < -0.3 is 14.8 Å². The van der Waals surface area contributed by atoms with Crippen LogP contribution in [0.1, 0.15) is 22.3 Å². The number of benzene rings is 3. The Balaban J connectivity index is 1.89. The van der Waals surface area contributed by atoms with Gasteiger partial charge in [-0.25, -0.2) is 4.39 Å². The lowest BCUT2D eigenvalue weighted by atomic mass is 10.1. The first-order chi connectivity index (χ1) is 15.4. The molecule has 0 heterocycles. The molecule has 5 nitrogen and oxygen atoms in total. The summed E-state index contributed by atoms with van der Waals surface area (Å²) in [5.41, 5.74) is 3.31. The number of anilines is 1. The molecule has 0 unspecified atom stereocenters. The van der Waals surface area contributed by atoms with Gasteiger partial charge in [-0.2, -0.15) is 5.26 Å². The summed E-state index contributed by atoms with van der Waals surface area (Å²) in [6, 6.07) is 19.0. The van der Waals surface area contributed by atoms with E-state index in [1.807, 2.05) is 38.1 Å². The third-order valence-electron chi connectivity index (χ3n) is 4.87. The molecular weight excluding hydrogens is 407 g/mol. The van der Waals surface area contributed by atoms with Crippen LogP contribution < -0.4 is 14.8 Å². The molecular formula is C26H23FN2O3. The predicted octanol–water partition coefficient (Wildman–Crippen LogP) is 5.58. The number of methoxy groups -OCH3 is 1. The number of nitrogens with one attached hydrogen (secondary N) is 1. The number of hydrogen-bond donors (Lipinski definition) is 1. The number of halogens is 1. The standard InChI is InChI=1S/C26H23FN2O3/c1-17-8-9-18(2)24(12-17)29-26(30)21(15-28)13-19-10-11-22(31-3)14-25(19)32-16-20-6-4-5-7-23(20)27/h4-14H,16H2,1-3H3,(H,29,30)/b21-13+. The van der Waals surface area contributed by atoms with Gasteiger partial charge in [-0.1, -0.05) is 30.3 Å². The minimum Gasteiger partial charge on any atom is -0.497 e. The first-order valence-electron chi connectivity index (χ1n) is 9.96. The van der Waals surface area contributed by atoms with Gasteiger partial charge in [0, 0.05) is 22.9 Å². The van der Waals surface area contributed by atoms with Crippen LogP contribution in [0.3, 0.4) is 0 Å². The van der Waals surface area contributed by atoms with Crippen molar-refractivity contribution in [2.75, 3.05) is 12.4 Å². The molecule has 0 saturated carbocycles. The molecule has 3 aromatic carbocycles. The number of amides is 1. The van der Waals surface area contributed by atoms with Crippen molar-refractivity contribution in [2.24, 2.45) is 0 Å². The Morgan fingerprint density at radius 1 is 1.12 bits per heavy atom. The van der Waals surface area contributed by atoms with Crippen LogP contribution in [-0.4, -0.2) is 13.0 Å². The first-order valence-corrected chi connectivity index (χ1v) is 9.96. The number of carbonyl (C=O) groups excluding carboxylic acids is 1. The topological polar surface area (TPSA) is 71.3 Å². The molecule has 0 aliphatic heterocycles. The maximum absolute atomic E-state index is 14.0. The highest BCUT2D eigenvalue weighted by Crippen LogP contribution is 2.28. The largest absolute Gasteiger partial charge is 0.497 e. The van der Waals surface area contributed by atoms with Crippen molar-refractivity contribution in [3.63, 3.8) is 0 Å². The van der Waals surface area contributed by atoms with Crippen LogP contribution in [0, 0.1) is 31.0 Å². The van der Waals surface area contributed by atoms with E-state index in [1.165, 1.54) is 19.3 Å². The van der Waals surface area contributed by atoms with E-state index in [2.05, 4.69) is 5.32 Å². The van der Waals surface area contributed by atoms with Crippen LogP contribution in [0.4, 0.5) is 10.1 Å². The van der Waals surface area contributed by atoms with Gasteiger partial charge in [-0.05, 0) is 55.3 Å². The SMILES string of the molecule is COc1ccc(/C=C(\C#N)C(=O)Nc2cc(C)ccc2C)c(OCc2ccccc2F)c1. The van der Waals surface area contributed by atoms with Crippen LogP contribution in [0.5, 0.6) is 11.5 Å². The van der Waals surface area contributed by atoms with Gasteiger partial charge in [0.15, 0.2) is 0 Å². The summed E-state index contributed by atoms with van der Waals surface area (Å²) in [6.45, 7) is 3.78. The fraction of sp³-hybridized carbons (Fsp3) is 0.154. The maximum Gasteiger partial charge on any atom is 0.266 e. The summed E-state index contributed by atoms with van der Waals surface area (Å²) in [6.07, 6.45) is 1.44. The zero-order chi connectivity index (χ0) is 23.1. The fourth-order valence-electron chi connectivity index (χ4n) is 3.02. The zero-order valence-corrected chi connectivity index (χ0v) is 18.1. The fourth-order valence-corrected chi connectivity index (χ4v) is 3.02. The molecule has 0 bridgehead atoms. The normalized spacial score (nSPS) is 10.9. The number of nitrogens with zero attached hydrogens (tertiary/aromatic N) is 1. The van der Waals surface area contributed by atoms with Crippen LogP contribution >= 0.6 is 0 Å².